The predicted molar refractivity (Wildman–Crippen MR) is 177 cm³/mol. The summed E-state index contributed by atoms with van der Waals surface area (Å²) in [6.07, 6.45) is 0.347. The third-order valence-corrected chi connectivity index (χ3v) is 8.37. The molecule has 1 unspecified atom stereocenters. The number of aliphatic carboxylic acids is 1. The molecule has 1 aliphatic heterocycles. The number of alkyl carbamates (subject to hydrolysis) is 1. The van der Waals surface area contributed by atoms with Crippen LogP contribution in [0.15, 0.2) is 36.9 Å². The summed E-state index contributed by atoms with van der Waals surface area (Å²) in [5.41, 5.74) is -2.44. The van der Waals surface area contributed by atoms with Gasteiger partial charge in [-0.3, -0.25) is 9.59 Å². The van der Waals surface area contributed by atoms with Crippen LogP contribution in [-0.4, -0.2) is 95.9 Å². The molecule has 0 radical (unpaired) electrons. The molecule has 1 aromatic carbocycles. The van der Waals surface area contributed by atoms with E-state index in [0.717, 1.165) is 0 Å². The van der Waals surface area contributed by atoms with Crippen molar-refractivity contribution in [3.8, 4) is 11.5 Å². The number of amides is 3. The van der Waals surface area contributed by atoms with Gasteiger partial charge in [0.2, 0.25) is 11.8 Å². The molecule has 1 aliphatic carbocycles. The highest BCUT2D eigenvalue weighted by Gasteiger charge is 2.61. The third kappa shape index (κ3) is 7.71. The van der Waals surface area contributed by atoms with Gasteiger partial charge in [-0.25, -0.2) is 14.6 Å². The number of benzene rings is 1. The molecule has 47 heavy (non-hydrogen) atoms. The first kappa shape index (κ1) is 35.3. The van der Waals surface area contributed by atoms with Crippen molar-refractivity contribution in [2.45, 2.75) is 83.7 Å². The Morgan fingerprint density at radius 2 is 1.83 bits per heavy atom. The summed E-state index contributed by atoms with van der Waals surface area (Å²) < 4.78 is 17.4. The number of anilines is 1. The molecule has 0 bridgehead atoms. The van der Waals surface area contributed by atoms with E-state index in [9.17, 15) is 24.3 Å². The van der Waals surface area contributed by atoms with Gasteiger partial charge < -0.3 is 39.8 Å². The standard InChI is InChI=1S/C34H47N5O8/c1-11-19-17-34(19,30(42)43)37-28(40)24-15-21(18-39(24)29(41)27(32(2,3)4)36-31(44)47-33(5,6)7)46-25-16-26(38(8)9)35-23-14-20(45-10)12-13-22(23)25/h11-14,16,19,21,24,27H,1,15,17-18H2,2-10H3,(H,36,44)(H,37,40)(H,42,43)/t19-,21+,24-,27+,34?/m0/s1. The quantitative estimate of drug-likeness (QED) is 0.323. The number of carbonyl (C=O) groups excluding carboxylic acids is 3. The summed E-state index contributed by atoms with van der Waals surface area (Å²) >= 11 is 0. The van der Waals surface area contributed by atoms with E-state index in [-0.39, 0.29) is 19.4 Å². The van der Waals surface area contributed by atoms with Crippen molar-refractivity contribution < 1.29 is 38.5 Å². The predicted octanol–water partition coefficient (Wildman–Crippen LogP) is 3.74. The number of nitrogens with zero attached hydrogens (tertiary/aromatic N) is 3. The smallest absolute Gasteiger partial charge is 0.408 e. The third-order valence-electron chi connectivity index (χ3n) is 8.37. The highest BCUT2D eigenvalue weighted by atomic mass is 16.6. The fourth-order valence-corrected chi connectivity index (χ4v) is 5.73. The number of likely N-dealkylation sites (tertiary alicyclic amines) is 1. The summed E-state index contributed by atoms with van der Waals surface area (Å²) in [6.45, 7) is 14.2. The first-order valence-electron chi connectivity index (χ1n) is 15.6. The van der Waals surface area contributed by atoms with Gasteiger partial charge in [0.05, 0.1) is 19.2 Å². The molecule has 2 aliphatic rings. The summed E-state index contributed by atoms with van der Waals surface area (Å²) in [4.78, 5) is 61.2. The summed E-state index contributed by atoms with van der Waals surface area (Å²) in [7, 11) is 5.27. The number of pyridine rings is 1. The van der Waals surface area contributed by atoms with Gasteiger partial charge in [0.1, 0.15) is 46.6 Å². The van der Waals surface area contributed by atoms with Gasteiger partial charge in [-0.05, 0) is 44.7 Å². The van der Waals surface area contributed by atoms with Gasteiger partial charge in [0.15, 0.2) is 0 Å². The van der Waals surface area contributed by atoms with Crippen LogP contribution in [0.2, 0.25) is 0 Å². The molecule has 13 heteroatoms. The number of rotatable bonds is 10. The molecule has 4 rings (SSSR count). The van der Waals surface area contributed by atoms with Crippen molar-refractivity contribution in [2.75, 3.05) is 32.6 Å². The Morgan fingerprint density at radius 3 is 2.36 bits per heavy atom. The van der Waals surface area contributed by atoms with Crippen LogP contribution < -0.4 is 25.0 Å². The maximum absolute atomic E-state index is 14.3. The van der Waals surface area contributed by atoms with Gasteiger partial charge in [-0.2, -0.15) is 0 Å². The van der Waals surface area contributed by atoms with Crippen LogP contribution in [0.5, 0.6) is 11.5 Å². The molecule has 3 amide bonds. The fourth-order valence-electron chi connectivity index (χ4n) is 5.73. The molecule has 0 spiro atoms. The normalized spacial score (nSPS) is 23.0. The summed E-state index contributed by atoms with van der Waals surface area (Å²) in [5.74, 6) is -1.02. The van der Waals surface area contributed by atoms with Gasteiger partial charge in [0, 0.05) is 44.0 Å². The number of nitrogens with one attached hydrogen (secondary N) is 2. The molecule has 2 aromatic rings. The van der Waals surface area contributed by atoms with Gasteiger partial charge >= 0.3 is 12.1 Å². The molecule has 2 heterocycles. The lowest BCUT2D eigenvalue weighted by Crippen LogP contribution is -2.59. The lowest BCUT2D eigenvalue weighted by Gasteiger charge is -2.35. The summed E-state index contributed by atoms with van der Waals surface area (Å²) in [5, 5.41) is 16.1. The van der Waals surface area contributed by atoms with E-state index in [2.05, 4.69) is 17.2 Å². The maximum Gasteiger partial charge on any atom is 0.408 e. The zero-order valence-corrected chi connectivity index (χ0v) is 28.7. The SMILES string of the molecule is C=C[C@H]1CC1(NC(=O)[C@@H]1C[C@@H](Oc2cc(N(C)C)nc3cc(OC)ccc23)CN1C(=O)[C@@H](NC(=O)OC(C)(C)C)C(C)(C)C)C(=O)O. The summed E-state index contributed by atoms with van der Waals surface area (Å²) in [6, 6.07) is 5.05. The van der Waals surface area contributed by atoms with E-state index in [1.165, 1.54) is 11.0 Å². The van der Waals surface area contributed by atoms with E-state index in [1.54, 1.807) is 66.9 Å². The number of hydrogen-bond acceptors (Lipinski definition) is 9. The first-order chi connectivity index (χ1) is 21.8. The second kappa shape index (κ2) is 12.9. The molecule has 13 nitrogen and oxygen atoms in total. The molecule has 1 saturated heterocycles. The van der Waals surface area contributed by atoms with Crippen LogP contribution >= 0.6 is 0 Å². The van der Waals surface area contributed by atoms with Crippen LogP contribution in [0, 0.1) is 11.3 Å². The van der Waals surface area contributed by atoms with Crippen molar-refractivity contribution in [3.05, 3.63) is 36.9 Å². The number of ether oxygens (including phenoxy) is 3. The van der Waals surface area contributed by atoms with Crippen molar-refractivity contribution in [1.82, 2.24) is 20.5 Å². The number of carboxylic acids is 1. The number of fused-ring (bicyclic) bond motifs is 1. The van der Waals surface area contributed by atoms with Crippen LogP contribution in [0.4, 0.5) is 10.6 Å². The number of carboxylic acid groups (broad SMARTS) is 1. The Labute approximate surface area is 275 Å². The average Bonchev–Trinajstić information content (AvgIpc) is 3.53. The minimum absolute atomic E-state index is 0.00171. The minimum atomic E-state index is -1.49. The number of carbonyl (C=O) groups is 4. The van der Waals surface area contributed by atoms with E-state index in [1.807, 2.05) is 25.1 Å². The molecular weight excluding hydrogens is 606 g/mol. The largest absolute Gasteiger partial charge is 0.497 e. The number of hydrogen-bond donors (Lipinski definition) is 3. The molecule has 3 N–H and O–H groups in total. The van der Waals surface area contributed by atoms with Crippen LogP contribution in [0.1, 0.15) is 54.4 Å². The lowest BCUT2D eigenvalue weighted by molar-refractivity contribution is -0.146. The highest BCUT2D eigenvalue weighted by molar-refractivity contribution is 5.96. The Kier molecular flexibility index (Phi) is 9.71. The number of aromatic nitrogens is 1. The Hall–Kier alpha value is -4.55. The second-order valence-electron chi connectivity index (χ2n) is 14.5. The Morgan fingerprint density at radius 1 is 1.15 bits per heavy atom. The van der Waals surface area contributed by atoms with Crippen molar-refractivity contribution in [1.29, 1.82) is 0 Å². The number of methoxy groups -OCH3 is 1. The second-order valence-corrected chi connectivity index (χ2v) is 14.5. The van der Waals surface area contributed by atoms with Crippen molar-refractivity contribution in [3.63, 3.8) is 0 Å². The minimum Gasteiger partial charge on any atom is -0.497 e. The van der Waals surface area contributed by atoms with E-state index in [0.29, 0.717) is 28.2 Å². The van der Waals surface area contributed by atoms with Crippen molar-refractivity contribution in [2.24, 2.45) is 11.3 Å². The Balaban J connectivity index is 1.70. The molecule has 5 atom stereocenters. The zero-order valence-electron chi connectivity index (χ0n) is 28.7. The molecule has 2 fully saturated rings. The molecule has 1 aromatic heterocycles. The highest BCUT2D eigenvalue weighted by Crippen LogP contribution is 2.45. The topological polar surface area (TPSA) is 160 Å². The molecular formula is C34H47N5O8. The van der Waals surface area contributed by atoms with E-state index >= 15 is 0 Å². The van der Waals surface area contributed by atoms with Crippen LogP contribution in [0.3, 0.4) is 0 Å². The monoisotopic (exact) mass is 653 g/mol. The van der Waals surface area contributed by atoms with Gasteiger partial charge in [-0.1, -0.05) is 26.8 Å². The first-order valence-corrected chi connectivity index (χ1v) is 15.6. The van der Waals surface area contributed by atoms with E-state index < -0.39 is 64.5 Å². The molecule has 256 valence electrons. The maximum atomic E-state index is 14.3. The van der Waals surface area contributed by atoms with Crippen LogP contribution in [-0.2, 0) is 19.1 Å². The van der Waals surface area contributed by atoms with Gasteiger partial charge in [0.25, 0.3) is 0 Å². The lowest BCUT2D eigenvalue weighted by atomic mass is 9.85. The van der Waals surface area contributed by atoms with E-state index in [4.69, 9.17) is 19.2 Å². The van der Waals surface area contributed by atoms with Gasteiger partial charge in [-0.15, -0.1) is 6.58 Å². The van der Waals surface area contributed by atoms with Crippen molar-refractivity contribution >= 4 is 40.6 Å². The zero-order chi connectivity index (χ0) is 35.1. The Bertz CT molecular complexity index is 1560. The fraction of sp³-hybridized carbons (Fsp3) is 0.559. The average molecular weight is 654 g/mol. The molecule has 1 saturated carbocycles. The van der Waals surface area contributed by atoms with Crippen LogP contribution in [0.25, 0.3) is 10.9 Å².